The van der Waals surface area contributed by atoms with Gasteiger partial charge in [0.2, 0.25) is 0 Å². The summed E-state index contributed by atoms with van der Waals surface area (Å²) in [4.78, 5) is 12.2. The first kappa shape index (κ1) is 12.8. The number of nitrogens with one attached hydrogen (secondary N) is 2. The minimum Gasteiger partial charge on any atom is -0.385 e. The summed E-state index contributed by atoms with van der Waals surface area (Å²) in [6.07, 6.45) is 5.22. The van der Waals surface area contributed by atoms with Crippen LogP contribution in [0.1, 0.15) is 37.7 Å². The molecular formula is C15H19N5O. The topological polar surface area (TPSA) is 78.8 Å². The van der Waals surface area contributed by atoms with E-state index >= 15 is 0 Å². The molecule has 3 aromatic rings. The fraction of sp³-hybridized carbons (Fsp3) is 0.467. The van der Waals surface area contributed by atoms with Gasteiger partial charge in [-0.15, -0.1) is 0 Å². The number of hydrogen-bond donors (Lipinski definition) is 3. The molecule has 0 amide bonds. The molecule has 3 aromatic heterocycles. The molecule has 1 aliphatic heterocycles. The number of aromatic amines is 1. The van der Waals surface area contributed by atoms with E-state index in [9.17, 15) is 5.11 Å². The van der Waals surface area contributed by atoms with Crippen LogP contribution < -0.4 is 5.32 Å². The number of aliphatic hydroxyl groups excluding tert-OH is 1. The summed E-state index contributed by atoms with van der Waals surface area (Å²) in [5, 5.41) is 14.6. The predicted octanol–water partition coefficient (Wildman–Crippen LogP) is 1.89. The molecular weight excluding hydrogens is 266 g/mol. The van der Waals surface area contributed by atoms with Crippen molar-refractivity contribution in [3.05, 3.63) is 24.3 Å². The van der Waals surface area contributed by atoms with Crippen LogP contribution in [0.15, 0.2) is 18.5 Å². The average molecular weight is 285 g/mol. The predicted molar refractivity (Wildman–Crippen MR) is 81.2 cm³/mol. The highest BCUT2D eigenvalue weighted by Crippen LogP contribution is 2.32. The van der Waals surface area contributed by atoms with Gasteiger partial charge in [-0.3, -0.25) is 0 Å². The SMILES string of the molecule is C[C@@H](O)c1nc2cnc3[nH]ccc3c2n1C1CCNCC1. The molecule has 4 rings (SSSR count). The molecule has 0 aromatic carbocycles. The Morgan fingerprint density at radius 1 is 1.38 bits per heavy atom. The summed E-state index contributed by atoms with van der Waals surface area (Å²) in [6.45, 7) is 3.79. The zero-order valence-corrected chi connectivity index (χ0v) is 12.0. The van der Waals surface area contributed by atoms with Crippen molar-refractivity contribution in [3.8, 4) is 0 Å². The van der Waals surface area contributed by atoms with Gasteiger partial charge < -0.3 is 20.0 Å². The largest absolute Gasteiger partial charge is 0.385 e. The van der Waals surface area contributed by atoms with Crippen LogP contribution in [-0.4, -0.2) is 37.7 Å². The van der Waals surface area contributed by atoms with Crippen molar-refractivity contribution in [2.24, 2.45) is 0 Å². The summed E-state index contributed by atoms with van der Waals surface area (Å²) in [7, 11) is 0. The van der Waals surface area contributed by atoms with E-state index in [2.05, 4.69) is 24.8 Å². The van der Waals surface area contributed by atoms with Crippen LogP contribution in [0.4, 0.5) is 0 Å². The number of fused-ring (bicyclic) bond motifs is 3. The van der Waals surface area contributed by atoms with E-state index in [4.69, 9.17) is 0 Å². The van der Waals surface area contributed by atoms with E-state index in [1.165, 1.54) is 0 Å². The van der Waals surface area contributed by atoms with Gasteiger partial charge in [-0.05, 0) is 38.9 Å². The van der Waals surface area contributed by atoms with E-state index in [1.807, 2.05) is 12.3 Å². The van der Waals surface area contributed by atoms with Gasteiger partial charge in [0.25, 0.3) is 0 Å². The number of aliphatic hydroxyl groups is 1. The monoisotopic (exact) mass is 285 g/mol. The van der Waals surface area contributed by atoms with Gasteiger partial charge in [-0.25, -0.2) is 9.97 Å². The van der Waals surface area contributed by atoms with Crippen molar-refractivity contribution in [2.75, 3.05) is 13.1 Å². The lowest BCUT2D eigenvalue weighted by atomic mass is 10.1. The highest BCUT2D eigenvalue weighted by molar-refractivity contribution is 6.01. The normalized spacial score (nSPS) is 18.6. The Morgan fingerprint density at radius 2 is 2.19 bits per heavy atom. The molecule has 0 spiro atoms. The molecule has 0 saturated carbocycles. The Hall–Kier alpha value is -1.92. The highest BCUT2D eigenvalue weighted by Gasteiger charge is 2.24. The molecule has 0 aliphatic carbocycles. The Morgan fingerprint density at radius 3 is 2.95 bits per heavy atom. The molecule has 4 heterocycles. The summed E-state index contributed by atoms with van der Waals surface area (Å²) in [5.74, 6) is 0.743. The van der Waals surface area contributed by atoms with E-state index < -0.39 is 6.10 Å². The first-order valence-corrected chi connectivity index (χ1v) is 7.48. The minimum absolute atomic E-state index is 0.376. The van der Waals surface area contributed by atoms with Crippen LogP contribution in [0.25, 0.3) is 22.1 Å². The van der Waals surface area contributed by atoms with Crippen LogP contribution in [-0.2, 0) is 0 Å². The highest BCUT2D eigenvalue weighted by atomic mass is 16.3. The lowest BCUT2D eigenvalue weighted by Crippen LogP contribution is -2.30. The van der Waals surface area contributed by atoms with E-state index in [-0.39, 0.29) is 0 Å². The maximum atomic E-state index is 10.1. The first-order valence-electron chi connectivity index (χ1n) is 7.48. The molecule has 21 heavy (non-hydrogen) atoms. The number of nitrogens with zero attached hydrogens (tertiary/aromatic N) is 3. The van der Waals surface area contributed by atoms with Crippen LogP contribution >= 0.6 is 0 Å². The van der Waals surface area contributed by atoms with Crippen molar-refractivity contribution in [3.63, 3.8) is 0 Å². The second kappa shape index (κ2) is 4.82. The number of rotatable bonds is 2. The third-order valence-electron chi connectivity index (χ3n) is 4.31. The van der Waals surface area contributed by atoms with Crippen molar-refractivity contribution < 1.29 is 5.11 Å². The van der Waals surface area contributed by atoms with Crippen molar-refractivity contribution in [1.29, 1.82) is 0 Å². The lowest BCUT2D eigenvalue weighted by Gasteiger charge is -2.27. The molecule has 1 aliphatic rings. The van der Waals surface area contributed by atoms with E-state index in [1.54, 1.807) is 13.1 Å². The zero-order chi connectivity index (χ0) is 14.4. The smallest absolute Gasteiger partial charge is 0.139 e. The molecule has 0 unspecified atom stereocenters. The number of aromatic nitrogens is 4. The molecule has 6 heteroatoms. The fourth-order valence-electron chi connectivity index (χ4n) is 3.34. The molecule has 3 N–H and O–H groups in total. The van der Waals surface area contributed by atoms with Crippen LogP contribution in [0.3, 0.4) is 0 Å². The maximum Gasteiger partial charge on any atom is 0.139 e. The summed E-state index contributed by atoms with van der Waals surface area (Å²) in [5.41, 5.74) is 2.82. The van der Waals surface area contributed by atoms with Crippen LogP contribution in [0.2, 0.25) is 0 Å². The third kappa shape index (κ3) is 1.94. The quantitative estimate of drug-likeness (QED) is 0.672. The number of piperidine rings is 1. The average Bonchev–Trinajstić information content (AvgIpc) is 3.11. The Kier molecular flexibility index (Phi) is 2.94. The zero-order valence-electron chi connectivity index (χ0n) is 12.0. The standard InChI is InChI=1S/C15H19N5O/c1-9(21)15-19-12-8-18-14-11(4-7-17-14)13(12)20(15)10-2-5-16-6-3-10/h4,7-10,16,21H,2-3,5-6H2,1H3,(H,17,18)/t9-/m1/s1. The summed E-state index contributed by atoms with van der Waals surface area (Å²) >= 11 is 0. The van der Waals surface area contributed by atoms with Crippen molar-refractivity contribution in [1.82, 2.24) is 24.8 Å². The fourth-order valence-corrected chi connectivity index (χ4v) is 3.34. The Labute approximate surface area is 122 Å². The van der Waals surface area contributed by atoms with Gasteiger partial charge in [0, 0.05) is 17.6 Å². The molecule has 0 bridgehead atoms. The summed E-state index contributed by atoms with van der Waals surface area (Å²) < 4.78 is 2.23. The second-order valence-electron chi connectivity index (χ2n) is 5.73. The van der Waals surface area contributed by atoms with Gasteiger partial charge in [0.1, 0.15) is 23.1 Å². The molecule has 110 valence electrons. The Bertz CT molecular complexity index is 782. The summed E-state index contributed by atoms with van der Waals surface area (Å²) in [6, 6.07) is 2.41. The van der Waals surface area contributed by atoms with Crippen molar-refractivity contribution >= 4 is 22.1 Å². The third-order valence-corrected chi connectivity index (χ3v) is 4.31. The van der Waals surface area contributed by atoms with Gasteiger partial charge in [-0.1, -0.05) is 0 Å². The van der Waals surface area contributed by atoms with E-state index in [0.717, 1.165) is 53.8 Å². The molecule has 1 atom stereocenters. The maximum absolute atomic E-state index is 10.1. The van der Waals surface area contributed by atoms with Crippen LogP contribution in [0, 0.1) is 0 Å². The number of hydrogen-bond acceptors (Lipinski definition) is 4. The molecule has 6 nitrogen and oxygen atoms in total. The van der Waals surface area contributed by atoms with Gasteiger partial charge in [0.05, 0.1) is 11.7 Å². The van der Waals surface area contributed by atoms with E-state index in [0.29, 0.717) is 6.04 Å². The minimum atomic E-state index is -0.582. The molecule has 1 saturated heterocycles. The van der Waals surface area contributed by atoms with Gasteiger partial charge in [-0.2, -0.15) is 0 Å². The number of pyridine rings is 1. The second-order valence-corrected chi connectivity index (χ2v) is 5.73. The first-order chi connectivity index (χ1) is 10.3. The van der Waals surface area contributed by atoms with Crippen molar-refractivity contribution in [2.45, 2.75) is 31.9 Å². The number of H-pyrrole nitrogens is 1. The van der Waals surface area contributed by atoms with Gasteiger partial charge in [0.15, 0.2) is 0 Å². The molecule has 1 fully saturated rings. The lowest BCUT2D eigenvalue weighted by molar-refractivity contribution is 0.179. The van der Waals surface area contributed by atoms with Crippen LogP contribution in [0.5, 0.6) is 0 Å². The Balaban J connectivity index is 2.03. The number of imidazole rings is 1. The molecule has 0 radical (unpaired) electrons. The van der Waals surface area contributed by atoms with Gasteiger partial charge >= 0.3 is 0 Å².